The first-order chi connectivity index (χ1) is 9.95. The molecule has 0 amide bonds. The van der Waals surface area contributed by atoms with Crippen LogP contribution in [-0.4, -0.2) is 13.2 Å². The third kappa shape index (κ3) is 2.60. The lowest BCUT2D eigenvalue weighted by molar-refractivity contribution is 0.0778. The lowest BCUT2D eigenvalue weighted by Crippen LogP contribution is -2.55. The molecule has 1 fully saturated rings. The Morgan fingerprint density at radius 2 is 1.62 bits per heavy atom. The Hall–Kier alpha value is -1.34. The summed E-state index contributed by atoms with van der Waals surface area (Å²) in [4.78, 5) is 0.271. The van der Waals surface area contributed by atoms with Gasteiger partial charge in [0.1, 0.15) is 0 Å². The van der Waals surface area contributed by atoms with Crippen LogP contribution >= 0.6 is 0 Å². The Balaban J connectivity index is 2.33. The van der Waals surface area contributed by atoms with E-state index < -0.39 is 14.6 Å². The van der Waals surface area contributed by atoms with Crippen molar-refractivity contribution < 1.29 is 8.42 Å². The zero-order chi connectivity index (χ0) is 15.6. The second kappa shape index (κ2) is 5.81. The quantitative estimate of drug-likeness (QED) is 0.795. The number of benzene rings is 1. The summed E-state index contributed by atoms with van der Waals surface area (Å²) < 4.78 is 24.5. The fraction of sp³-hybridized carbons (Fsp3) is 0.588. The molecule has 4 heteroatoms. The van der Waals surface area contributed by atoms with Gasteiger partial charge >= 0.3 is 0 Å². The molecule has 1 aromatic rings. The molecule has 114 valence electrons. The SMILES string of the molecule is CCCC1(CCC)CC(C#N)(S(=O)(=O)c2ccccc2)C1. The minimum absolute atomic E-state index is 0.0427. The van der Waals surface area contributed by atoms with Crippen LogP contribution in [0.25, 0.3) is 0 Å². The van der Waals surface area contributed by atoms with Crippen molar-refractivity contribution in [2.24, 2.45) is 5.41 Å². The maximum Gasteiger partial charge on any atom is 0.197 e. The molecule has 0 N–H and O–H groups in total. The number of sulfone groups is 1. The predicted octanol–water partition coefficient (Wildman–Crippen LogP) is 4.10. The van der Waals surface area contributed by atoms with Gasteiger partial charge in [0.2, 0.25) is 0 Å². The van der Waals surface area contributed by atoms with E-state index in [-0.39, 0.29) is 10.3 Å². The van der Waals surface area contributed by atoms with Crippen molar-refractivity contribution in [3.63, 3.8) is 0 Å². The molecule has 0 atom stereocenters. The van der Waals surface area contributed by atoms with Crippen LogP contribution in [0.5, 0.6) is 0 Å². The van der Waals surface area contributed by atoms with Crippen LogP contribution in [0, 0.1) is 16.7 Å². The highest BCUT2D eigenvalue weighted by Crippen LogP contribution is 2.58. The summed E-state index contributed by atoms with van der Waals surface area (Å²) in [6.07, 6.45) is 5.05. The molecule has 1 aliphatic rings. The summed E-state index contributed by atoms with van der Waals surface area (Å²) in [5.74, 6) is 0. The summed E-state index contributed by atoms with van der Waals surface area (Å²) >= 11 is 0. The number of hydrogen-bond donors (Lipinski definition) is 0. The summed E-state index contributed by atoms with van der Waals surface area (Å²) in [7, 11) is -3.58. The van der Waals surface area contributed by atoms with Gasteiger partial charge in [-0.25, -0.2) is 8.42 Å². The minimum Gasteiger partial charge on any atom is -0.222 e. The third-order valence-corrected chi connectivity index (χ3v) is 6.95. The van der Waals surface area contributed by atoms with Gasteiger partial charge in [0.15, 0.2) is 14.6 Å². The lowest BCUT2D eigenvalue weighted by atomic mass is 9.58. The topological polar surface area (TPSA) is 57.9 Å². The minimum atomic E-state index is -3.58. The smallest absolute Gasteiger partial charge is 0.197 e. The molecule has 0 aliphatic heterocycles. The molecule has 1 aromatic carbocycles. The molecule has 0 aromatic heterocycles. The van der Waals surface area contributed by atoms with Crippen molar-refractivity contribution in [1.82, 2.24) is 0 Å². The van der Waals surface area contributed by atoms with Gasteiger partial charge in [-0.2, -0.15) is 5.26 Å². The summed E-state index contributed by atoms with van der Waals surface area (Å²) in [5.41, 5.74) is 0.0427. The number of nitrogens with zero attached hydrogens (tertiary/aromatic N) is 1. The van der Waals surface area contributed by atoms with Crippen molar-refractivity contribution in [2.45, 2.75) is 62.0 Å². The molecule has 1 saturated carbocycles. The van der Waals surface area contributed by atoms with Gasteiger partial charge in [0, 0.05) is 0 Å². The first-order valence-electron chi connectivity index (χ1n) is 7.66. The molecule has 21 heavy (non-hydrogen) atoms. The van der Waals surface area contributed by atoms with E-state index in [0.717, 1.165) is 25.7 Å². The van der Waals surface area contributed by atoms with Crippen molar-refractivity contribution in [3.8, 4) is 6.07 Å². The number of rotatable bonds is 6. The van der Waals surface area contributed by atoms with E-state index in [1.54, 1.807) is 30.3 Å². The van der Waals surface area contributed by atoms with E-state index in [2.05, 4.69) is 19.9 Å². The largest absolute Gasteiger partial charge is 0.222 e. The highest BCUT2D eigenvalue weighted by Gasteiger charge is 2.61. The van der Waals surface area contributed by atoms with Gasteiger partial charge < -0.3 is 0 Å². The molecule has 0 radical (unpaired) electrons. The Kier molecular flexibility index (Phi) is 4.43. The van der Waals surface area contributed by atoms with Crippen molar-refractivity contribution in [3.05, 3.63) is 30.3 Å². The first kappa shape index (κ1) is 16.0. The van der Waals surface area contributed by atoms with E-state index in [4.69, 9.17) is 0 Å². The molecule has 0 heterocycles. The molecule has 0 saturated heterocycles. The van der Waals surface area contributed by atoms with Gasteiger partial charge in [-0.05, 0) is 43.2 Å². The molecule has 1 aliphatic carbocycles. The standard InChI is InChI=1S/C17H23NO2S/c1-3-10-16(11-4-2)12-17(13-16,14-18)21(19,20)15-8-6-5-7-9-15/h5-9H,3-4,10-13H2,1-2H3. The fourth-order valence-corrected chi connectivity index (χ4v) is 5.93. The maximum atomic E-state index is 12.8. The van der Waals surface area contributed by atoms with Crippen LogP contribution in [0.3, 0.4) is 0 Å². The Labute approximate surface area is 127 Å². The normalized spacial score (nSPS) is 19.5. The van der Waals surface area contributed by atoms with Crippen LogP contribution in [0.2, 0.25) is 0 Å². The van der Waals surface area contributed by atoms with Gasteiger partial charge in [-0.3, -0.25) is 0 Å². The maximum absolute atomic E-state index is 12.8. The average Bonchev–Trinajstić information content (AvgIpc) is 2.45. The van der Waals surface area contributed by atoms with Crippen molar-refractivity contribution in [1.29, 1.82) is 5.26 Å². The fourth-order valence-electron chi connectivity index (χ4n) is 3.85. The van der Waals surface area contributed by atoms with E-state index >= 15 is 0 Å². The van der Waals surface area contributed by atoms with Crippen LogP contribution in [0.15, 0.2) is 35.2 Å². The monoisotopic (exact) mass is 305 g/mol. The average molecular weight is 305 g/mol. The van der Waals surface area contributed by atoms with Gasteiger partial charge in [-0.1, -0.05) is 44.9 Å². The lowest BCUT2D eigenvalue weighted by Gasteiger charge is -2.52. The van der Waals surface area contributed by atoms with E-state index in [1.165, 1.54) is 0 Å². The molecule has 0 unspecified atom stereocenters. The van der Waals surface area contributed by atoms with E-state index in [9.17, 15) is 13.7 Å². The Morgan fingerprint density at radius 1 is 1.10 bits per heavy atom. The van der Waals surface area contributed by atoms with Crippen molar-refractivity contribution in [2.75, 3.05) is 0 Å². The molecule has 3 nitrogen and oxygen atoms in total. The zero-order valence-electron chi connectivity index (χ0n) is 12.8. The number of hydrogen-bond acceptors (Lipinski definition) is 3. The van der Waals surface area contributed by atoms with Crippen LogP contribution in [0.4, 0.5) is 0 Å². The predicted molar refractivity (Wildman–Crippen MR) is 83.5 cm³/mol. The highest BCUT2D eigenvalue weighted by molar-refractivity contribution is 7.93. The summed E-state index contributed by atoms with van der Waals surface area (Å²) in [6, 6.07) is 10.5. The van der Waals surface area contributed by atoms with Gasteiger partial charge in [0.05, 0.1) is 11.0 Å². The van der Waals surface area contributed by atoms with Crippen LogP contribution in [-0.2, 0) is 9.84 Å². The summed E-state index contributed by atoms with van der Waals surface area (Å²) in [5, 5.41) is 9.57. The van der Waals surface area contributed by atoms with E-state index in [1.807, 2.05) is 0 Å². The Morgan fingerprint density at radius 3 is 2.05 bits per heavy atom. The molecular formula is C17H23NO2S. The summed E-state index contributed by atoms with van der Waals surface area (Å²) in [6.45, 7) is 4.24. The molecular weight excluding hydrogens is 282 g/mol. The third-order valence-electron chi connectivity index (χ3n) is 4.65. The molecule has 2 rings (SSSR count). The highest BCUT2D eigenvalue weighted by atomic mass is 32.2. The van der Waals surface area contributed by atoms with Crippen LogP contribution in [0.1, 0.15) is 52.4 Å². The number of nitriles is 1. The second-order valence-electron chi connectivity index (χ2n) is 6.28. The zero-order valence-corrected chi connectivity index (χ0v) is 13.6. The second-order valence-corrected chi connectivity index (χ2v) is 8.54. The van der Waals surface area contributed by atoms with Crippen LogP contribution < -0.4 is 0 Å². The molecule has 0 bridgehead atoms. The molecule has 0 spiro atoms. The van der Waals surface area contributed by atoms with Gasteiger partial charge in [-0.15, -0.1) is 0 Å². The van der Waals surface area contributed by atoms with Crippen molar-refractivity contribution >= 4 is 9.84 Å². The van der Waals surface area contributed by atoms with Gasteiger partial charge in [0.25, 0.3) is 0 Å². The first-order valence-corrected chi connectivity index (χ1v) is 9.14. The Bertz CT molecular complexity index is 615. The van der Waals surface area contributed by atoms with E-state index in [0.29, 0.717) is 12.8 Å².